The Bertz CT molecular complexity index is 587. The summed E-state index contributed by atoms with van der Waals surface area (Å²) in [4.78, 5) is 0. The van der Waals surface area contributed by atoms with Gasteiger partial charge in [-0.25, -0.2) is 8.78 Å². The Morgan fingerprint density at radius 2 is 1.81 bits per heavy atom. The topological polar surface area (TPSA) is 12.0 Å². The molecule has 0 amide bonds. The van der Waals surface area contributed by atoms with Crippen LogP contribution in [0.5, 0.6) is 0 Å². The molecule has 0 radical (unpaired) electrons. The van der Waals surface area contributed by atoms with Crippen molar-refractivity contribution in [3.63, 3.8) is 0 Å². The summed E-state index contributed by atoms with van der Waals surface area (Å²) in [5.41, 5.74) is 1.46. The van der Waals surface area contributed by atoms with Gasteiger partial charge in [0.05, 0.1) is 4.47 Å². The second-order valence-corrected chi connectivity index (χ2v) is 5.84. The van der Waals surface area contributed by atoms with Gasteiger partial charge in [-0.1, -0.05) is 37.3 Å². The van der Waals surface area contributed by atoms with E-state index in [-0.39, 0.29) is 10.5 Å². The minimum atomic E-state index is -0.442. The van der Waals surface area contributed by atoms with Crippen LogP contribution in [0.15, 0.2) is 46.9 Å². The highest BCUT2D eigenvalue weighted by Crippen LogP contribution is 2.26. The first-order chi connectivity index (χ1) is 10.1. The molecule has 0 aliphatic carbocycles. The standard InChI is InChI=1S/C17H18BrF2N/c1-2-8-21-17(9-12-6-4-3-5-7-12)13-10-16(20)14(18)11-15(13)19/h3-7,10-11,17,21H,2,8-9H2,1H3. The second-order valence-electron chi connectivity index (χ2n) is 4.98. The molecule has 1 unspecified atom stereocenters. The lowest BCUT2D eigenvalue weighted by molar-refractivity contribution is 0.489. The van der Waals surface area contributed by atoms with Gasteiger partial charge in [-0.2, -0.15) is 0 Å². The molecule has 1 nitrogen and oxygen atoms in total. The van der Waals surface area contributed by atoms with Gasteiger partial charge in [-0.15, -0.1) is 0 Å². The van der Waals surface area contributed by atoms with Crippen molar-refractivity contribution < 1.29 is 8.78 Å². The van der Waals surface area contributed by atoms with Crippen molar-refractivity contribution in [3.05, 3.63) is 69.7 Å². The maximum absolute atomic E-state index is 14.2. The molecule has 0 fully saturated rings. The number of halogens is 3. The van der Waals surface area contributed by atoms with E-state index in [9.17, 15) is 8.78 Å². The highest BCUT2D eigenvalue weighted by molar-refractivity contribution is 9.10. The molecule has 0 saturated heterocycles. The van der Waals surface area contributed by atoms with Gasteiger partial charge in [-0.05, 0) is 53.0 Å². The number of rotatable bonds is 6. The van der Waals surface area contributed by atoms with E-state index >= 15 is 0 Å². The van der Waals surface area contributed by atoms with Crippen LogP contribution in [-0.4, -0.2) is 6.54 Å². The molecule has 0 saturated carbocycles. The number of hydrogen-bond acceptors (Lipinski definition) is 1. The van der Waals surface area contributed by atoms with Crippen molar-refractivity contribution >= 4 is 15.9 Å². The van der Waals surface area contributed by atoms with Crippen molar-refractivity contribution in [2.24, 2.45) is 0 Å². The first-order valence-electron chi connectivity index (χ1n) is 7.03. The monoisotopic (exact) mass is 353 g/mol. The van der Waals surface area contributed by atoms with Crippen molar-refractivity contribution in [1.82, 2.24) is 5.32 Å². The van der Waals surface area contributed by atoms with Crippen LogP contribution >= 0.6 is 15.9 Å². The van der Waals surface area contributed by atoms with Crippen LogP contribution < -0.4 is 5.32 Å². The van der Waals surface area contributed by atoms with Crippen molar-refractivity contribution in [2.45, 2.75) is 25.8 Å². The fourth-order valence-electron chi connectivity index (χ4n) is 2.27. The van der Waals surface area contributed by atoms with Crippen molar-refractivity contribution in [3.8, 4) is 0 Å². The molecule has 4 heteroatoms. The van der Waals surface area contributed by atoms with Gasteiger partial charge in [0.25, 0.3) is 0 Å². The van der Waals surface area contributed by atoms with E-state index in [0.717, 1.165) is 18.5 Å². The van der Waals surface area contributed by atoms with Gasteiger partial charge in [0.1, 0.15) is 11.6 Å². The fraction of sp³-hybridized carbons (Fsp3) is 0.294. The summed E-state index contributed by atoms with van der Waals surface area (Å²) in [6, 6.07) is 12.1. The molecule has 0 spiro atoms. The molecular formula is C17H18BrF2N. The lowest BCUT2D eigenvalue weighted by Gasteiger charge is -2.20. The maximum Gasteiger partial charge on any atom is 0.137 e. The van der Waals surface area contributed by atoms with E-state index in [1.165, 1.54) is 12.1 Å². The first-order valence-corrected chi connectivity index (χ1v) is 7.83. The smallest absolute Gasteiger partial charge is 0.137 e. The van der Waals surface area contributed by atoms with Crippen LogP contribution in [0, 0.1) is 11.6 Å². The van der Waals surface area contributed by atoms with Crippen LogP contribution in [0.1, 0.15) is 30.5 Å². The van der Waals surface area contributed by atoms with Crippen LogP contribution in [-0.2, 0) is 6.42 Å². The second kappa shape index (κ2) is 7.66. The summed E-state index contributed by atoms with van der Waals surface area (Å²) in [7, 11) is 0. The normalized spacial score (nSPS) is 12.4. The molecule has 0 aliphatic heterocycles. The minimum Gasteiger partial charge on any atom is -0.310 e. The average Bonchev–Trinajstić information content (AvgIpc) is 2.48. The van der Waals surface area contributed by atoms with Crippen LogP contribution in [0.25, 0.3) is 0 Å². The van der Waals surface area contributed by atoms with Gasteiger partial charge in [0.15, 0.2) is 0 Å². The number of hydrogen-bond donors (Lipinski definition) is 1. The Morgan fingerprint density at radius 3 is 2.48 bits per heavy atom. The summed E-state index contributed by atoms with van der Waals surface area (Å²) in [5, 5.41) is 3.30. The molecule has 0 bridgehead atoms. The van der Waals surface area contributed by atoms with E-state index < -0.39 is 11.6 Å². The lowest BCUT2D eigenvalue weighted by atomic mass is 9.98. The van der Waals surface area contributed by atoms with Gasteiger partial charge in [0.2, 0.25) is 0 Å². The molecule has 1 atom stereocenters. The fourth-order valence-corrected chi connectivity index (χ4v) is 2.58. The third kappa shape index (κ3) is 4.35. The summed E-state index contributed by atoms with van der Waals surface area (Å²) >= 11 is 3.01. The maximum atomic E-state index is 14.2. The van der Waals surface area contributed by atoms with E-state index in [2.05, 4.69) is 21.2 Å². The minimum absolute atomic E-state index is 0.151. The van der Waals surface area contributed by atoms with Gasteiger partial charge < -0.3 is 5.32 Å². The quantitative estimate of drug-likeness (QED) is 0.719. The highest BCUT2D eigenvalue weighted by atomic mass is 79.9. The summed E-state index contributed by atoms with van der Waals surface area (Å²) < 4.78 is 28.1. The summed E-state index contributed by atoms with van der Waals surface area (Å²) in [5.74, 6) is -0.837. The van der Waals surface area contributed by atoms with Gasteiger partial charge >= 0.3 is 0 Å². The predicted octanol–water partition coefficient (Wildman–Crippen LogP) is 5.01. The third-order valence-corrected chi connectivity index (χ3v) is 3.95. The molecule has 2 aromatic rings. The predicted molar refractivity (Wildman–Crippen MR) is 85.2 cm³/mol. The van der Waals surface area contributed by atoms with E-state index in [1.54, 1.807) is 0 Å². The van der Waals surface area contributed by atoms with Crippen molar-refractivity contribution in [1.29, 1.82) is 0 Å². The van der Waals surface area contributed by atoms with Gasteiger partial charge in [0, 0.05) is 11.6 Å². The SMILES string of the molecule is CCCNC(Cc1ccccc1)c1cc(F)c(Br)cc1F. The lowest BCUT2D eigenvalue weighted by Crippen LogP contribution is -2.25. The van der Waals surface area contributed by atoms with Gasteiger partial charge in [-0.3, -0.25) is 0 Å². The molecule has 2 rings (SSSR count). The van der Waals surface area contributed by atoms with E-state index in [1.807, 2.05) is 37.3 Å². The Morgan fingerprint density at radius 1 is 1.10 bits per heavy atom. The number of benzene rings is 2. The summed E-state index contributed by atoms with van der Waals surface area (Å²) in [6.45, 7) is 2.81. The Kier molecular flexibility index (Phi) is 5.88. The van der Waals surface area contributed by atoms with E-state index in [0.29, 0.717) is 12.0 Å². The van der Waals surface area contributed by atoms with Crippen LogP contribution in [0.2, 0.25) is 0 Å². The molecule has 1 N–H and O–H groups in total. The Labute approximate surface area is 132 Å². The molecule has 2 aromatic carbocycles. The number of nitrogens with one attached hydrogen (secondary N) is 1. The summed E-state index contributed by atoms with van der Waals surface area (Å²) in [6.07, 6.45) is 1.56. The zero-order valence-corrected chi connectivity index (χ0v) is 13.5. The largest absolute Gasteiger partial charge is 0.310 e. The molecule has 0 aliphatic rings. The molecule has 21 heavy (non-hydrogen) atoms. The van der Waals surface area contributed by atoms with Crippen LogP contribution in [0.3, 0.4) is 0 Å². The van der Waals surface area contributed by atoms with Crippen molar-refractivity contribution in [2.75, 3.05) is 6.54 Å². The molecule has 112 valence electrons. The molecular weight excluding hydrogens is 336 g/mol. The average molecular weight is 354 g/mol. The zero-order valence-electron chi connectivity index (χ0n) is 11.9. The molecule has 0 aromatic heterocycles. The van der Waals surface area contributed by atoms with E-state index in [4.69, 9.17) is 0 Å². The zero-order chi connectivity index (χ0) is 15.2. The molecule has 0 heterocycles. The van der Waals surface area contributed by atoms with Crippen LogP contribution in [0.4, 0.5) is 8.78 Å². The first kappa shape index (κ1) is 16.1. The Balaban J connectivity index is 2.29. The third-order valence-electron chi connectivity index (χ3n) is 3.34. The highest BCUT2D eigenvalue weighted by Gasteiger charge is 2.18. The Hall–Kier alpha value is -1.26.